The monoisotopic (exact) mass is 319 g/mol. The van der Waals surface area contributed by atoms with Crippen molar-refractivity contribution in [2.24, 2.45) is 0 Å². The Bertz CT molecular complexity index is 434. The predicted octanol–water partition coefficient (Wildman–Crippen LogP) is 3.56. The molecule has 1 aromatic rings. The third-order valence-corrected chi connectivity index (χ3v) is 3.64. The van der Waals surface area contributed by atoms with E-state index in [9.17, 15) is 4.79 Å². The first-order chi connectivity index (χ1) is 9.45. The first-order valence-corrected chi connectivity index (χ1v) is 7.24. The maximum Gasteiger partial charge on any atom is 0.304 e. The van der Waals surface area contributed by atoms with Gasteiger partial charge in [0.05, 0.1) is 16.5 Å². The average molecular weight is 320 g/mol. The van der Waals surface area contributed by atoms with Crippen LogP contribution in [0, 0.1) is 0 Å². The molecule has 0 saturated heterocycles. The lowest BCUT2D eigenvalue weighted by atomic mass is 10.2. The summed E-state index contributed by atoms with van der Waals surface area (Å²) in [6.45, 7) is 5.66. The van der Waals surface area contributed by atoms with Crippen molar-refractivity contribution in [3.05, 3.63) is 28.2 Å². The maximum atomic E-state index is 10.7. The number of carbonyl (C=O) groups is 1. The quantitative estimate of drug-likeness (QED) is 0.796. The predicted molar refractivity (Wildman–Crippen MR) is 80.9 cm³/mol. The highest BCUT2D eigenvalue weighted by atomic mass is 35.5. The second-order valence-corrected chi connectivity index (χ2v) is 5.29. The molecule has 0 saturated carbocycles. The Balaban J connectivity index is 2.51. The molecule has 6 heteroatoms. The molecular weight excluding hydrogens is 301 g/mol. The molecule has 0 bridgehead atoms. The lowest BCUT2D eigenvalue weighted by Gasteiger charge is -2.26. The summed E-state index contributed by atoms with van der Waals surface area (Å²) in [6, 6.07) is 5.15. The van der Waals surface area contributed by atoms with E-state index in [0.29, 0.717) is 28.9 Å². The number of para-hydroxylation sites is 1. The van der Waals surface area contributed by atoms with Crippen molar-refractivity contribution in [1.82, 2.24) is 4.90 Å². The third kappa shape index (κ3) is 5.19. The summed E-state index contributed by atoms with van der Waals surface area (Å²) in [5.74, 6) is -0.330. The fourth-order valence-electron chi connectivity index (χ4n) is 1.96. The average Bonchev–Trinajstić information content (AvgIpc) is 2.36. The lowest BCUT2D eigenvalue weighted by Crippen LogP contribution is -2.37. The third-order valence-electron chi connectivity index (χ3n) is 3.04. The Labute approximate surface area is 129 Å². The van der Waals surface area contributed by atoms with Gasteiger partial charge in [-0.15, -0.1) is 0 Å². The summed E-state index contributed by atoms with van der Waals surface area (Å²) in [5.41, 5.74) is 0. The molecule has 0 heterocycles. The number of rotatable bonds is 8. The van der Waals surface area contributed by atoms with Crippen molar-refractivity contribution >= 4 is 29.2 Å². The summed E-state index contributed by atoms with van der Waals surface area (Å²) in [6.07, 6.45) is 0.112. The SMILES string of the molecule is CCN(CCOc1c(Cl)cccc1Cl)C(C)CC(=O)O. The molecular formula is C14H19Cl2NO3. The zero-order valence-corrected chi connectivity index (χ0v) is 13.1. The smallest absolute Gasteiger partial charge is 0.304 e. The van der Waals surface area contributed by atoms with Gasteiger partial charge in [-0.1, -0.05) is 36.2 Å². The van der Waals surface area contributed by atoms with Crippen LogP contribution < -0.4 is 4.74 Å². The molecule has 0 aliphatic rings. The normalized spacial score (nSPS) is 12.4. The van der Waals surface area contributed by atoms with Crippen LogP contribution in [0.5, 0.6) is 5.75 Å². The zero-order valence-electron chi connectivity index (χ0n) is 11.6. The van der Waals surface area contributed by atoms with Gasteiger partial charge in [0.1, 0.15) is 6.61 Å². The van der Waals surface area contributed by atoms with Crippen LogP contribution in [0.25, 0.3) is 0 Å². The molecule has 4 nitrogen and oxygen atoms in total. The van der Waals surface area contributed by atoms with Crippen LogP contribution in [0.4, 0.5) is 0 Å². The summed E-state index contributed by atoms with van der Waals surface area (Å²) in [5, 5.41) is 9.75. The van der Waals surface area contributed by atoms with Crippen molar-refractivity contribution in [2.75, 3.05) is 19.7 Å². The van der Waals surface area contributed by atoms with Crippen LogP contribution in [0.1, 0.15) is 20.3 Å². The van der Waals surface area contributed by atoms with Crippen molar-refractivity contribution in [1.29, 1.82) is 0 Å². The second kappa shape index (κ2) is 8.35. The Morgan fingerprint density at radius 2 is 2.00 bits per heavy atom. The van der Waals surface area contributed by atoms with Crippen LogP contribution in [0.3, 0.4) is 0 Å². The van der Waals surface area contributed by atoms with Crippen LogP contribution in [0.15, 0.2) is 18.2 Å². The molecule has 1 atom stereocenters. The Morgan fingerprint density at radius 1 is 1.40 bits per heavy atom. The first-order valence-electron chi connectivity index (χ1n) is 6.48. The molecule has 20 heavy (non-hydrogen) atoms. The Hall–Kier alpha value is -0.970. The van der Waals surface area contributed by atoms with Gasteiger partial charge in [0.2, 0.25) is 0 Å². The standard InChI is InChI=1S/C14H19Cl2NO3/c1-3-17(10(2)9-13(18)19)7-8-20-14-11(15)5-4-6-12(14)16/h4-6,10H,3,7-9H2,1-2H3,(H,18,19). The molecule has 0 amide bonds. The fourth-order valence-corrected chi connectivity index (χ4v) is 2.46. The minimum absolute atomic E-state index is 0.0391. The van der Waals surface area contributed by atoms with E-state index in [-0.39, 0.29) is 12.5 Å². The molecule has 1 rings (SSSR count). The largest absolute Gasteiger partial charge is 0.489 e. The number of ether oxygens (including phenoxy) is 1. The minimum Gasteiger partial charge on any atom is -0.489 e. The highest BCUT2D eigenvalue weighted by Gasteiger charge is 2.15. The number of aliphatic carboxylic acids is 1. The van der Waals surface area contributed by atoms with Crippen molar-refractivity contribution in [3.63, 3.8) is 0 Å². The number of nitrogens with zero attached hydrogens (tertiary/aromatic N) is 1. The number of halogens is 2. The molecule has 0 spiro atoms. The number of carboxylic acids is 1. The van der Waals surface area contributed by atoms with E-state index in [4.69, 9.17) is 33.0 Å². The molecule has 1 N–H and O–H groups in total. The molecule has 0 fully saturated rings. The minimum atomic E-state index is -0.800. The molecule has 0 aliphatic carbocycles. The number of carboxylic acid groups (broad SMARTS) is 1. The van der Waals surface area contributed by atoms with Crippen molar-refractivity contribution < 1.29 is 14.6 Å². The van der Waals surface area contributed by atoms with Crippen LogP contribution in [0.2, 0.25) is 10.0 Å². The van der Waals surface area contributed by atoms with Crippen LogP contribution in [-0.4, -0.2) is 41.7 Å². The second-order valence-electron chi connectivity index (χ2n) is 4.47. The number of hydrogen-bond acceptors (Lipinski definition) is 3. The fraction of sp³-hybridized carbons (Fsp3) is 0.500. The van der Waals surface area contributed by atoms with Gasteiger partial charge in [0.15, 0.2) is 5.75 Å². The maximum absolute atomic E-state index is 10.7. The van der Waals surface area contributed by atoms with Gasteiger partial charge in [-0.05, 0) is 25.6 Å². The van der Waals surface area contributed by atoms with E-state index in [0.717, 1.165) is 6.54 Å². The number of hydrogen-bond donors (Lipinski definition) is 1. The first kappa shape index (κ1) is 17.1. The van der Waals surface area contributed by atoms with E-state index < -0.39 is 5.97 Å². The van der Waals surface area contributed by atoms with Gasteiger partial charge in [-0.3, -0.25) is 9.69 Å². The van der Waals surface area contributed by atoms with Crippen molar-refractivity contribution in [2.45, 2.75) is 26.3 Å². The summed E-state index contributed by atoms with van der Waals surface area (Å²) >= 11 is 12.0. The topological polar surface area (TPSA) is 49.8 Å². The highest BCUT2D eigenvalue weighted by Crippen LogP contribution is 2.32. The van der Waals surface area contributed by atoms with E-state index in [1.54, 1.807) is 18.2 Å². The summed E-state index contributed by atoms with van der Waals surface area (Å²) in [7, 11) is 0. The van der Waals surface area contributed by atoms with E-state index >= 15 is 0 Å². The Morgan fingerprint density at radius 3 is 2.50 bits per heavy atom. The highest BCUT2D eigenvalue weighted by molar-refractivity contribution is 6.37. The Kier molecular flexibility index (Phi) is 7.13. The van der Waals surface area contributed by atoms with Gasteiger partial charge < -0.3 is 9.84 Å². The van der Waals surface area contributed by atoms with E-state index in [1.165, 1.54) is 0 Å². The van der Waals surface area contributed by atoms with Gasteiger partial charge in [0, 0.05) is 12.6 Å². The van der Waals surface area contributed by atoms with Gasteiger partial charge in [0.25, 0.3) is 0 Å². The number of likely N-dealkylation sites (N-methyl/N-ethyl adjacent to an activating group) is 1. The molecule has 0 aliphatic heterocycles. The molecule has 1 aromatic carbocycles. The van der Waals surface area contributed by atoms with E-state index in [2.05, 4.69) is 0 Å². The number of benzene rings is 1. The van der Waals surface area contributed by atoms with Gasteiger partial charge in [-0.25, -0.2) is 0 Å². The molecule has 1 unspecified atom stereocenters. The molecule has 0 radical (unpaired) electrons. The zero-order chi connectivity index (χ0) is 15.1. The summed E-state index contributed by atoms with van der Waals surface area (Å²) in [4.78, 5) is 12.8. The molecule has 0 aromatic heterocycles. The van der Waals surface area contributed by atoms with Crippen molar-refractivity contribution in [3.8, 4) is 5.75 Å². The van der Waals surface area contributed by atoms with E-state index in [1.807, 2.05) is 18.7 Å². The lowest BCUT2D eigenvalue weighted by molar-refractivity contribution is -0.138. The summed E-state index contributed by atoms with van der Waals surface area (Å²) < 4.78 is 5.60. The molecule has 112 valence electrons. The van der Waals surface area contributed by atoms with Gasteiger partial charge in [-0.2, -0.15) is 0 Å². The van der Waals surface area contributed by atoms with Crippen LogP contribution >= 0.6 is 23.2 Å². The van der Waals surface area contributed by atoms with Crippen LogP contribution in [-0.2, 0) is 4.79 Å². The van der Waals surface area contributed by atoms with Gasteiger partial charge >= 0.3 is 5.97 Å².